The van der Waals surface area contributed by atoms with Gasteiger partial charge in [0.05, 0.1) is 11.9 Å². The molecule has 2 N–H and O–H groups in total. The highest BCUT2D eigenvalue weighted by Gasteiger charge is 1.99. The zero-order chi connectivity index (χ0) is 11.1. The Balaban J connectivity index is 2.41. The van der Waals surface area contributed by atoms with E-state index in [-0.39, 0.29) is 0 Å². The van der Waals surface area contributed by atoms with Crippen molar-refractivity contribution in [2.75, 3.05) is 11.9 Å². The zero-order valence-electron chi connectivity index (χ0n) is 9.21. The van der Waals surface area contributed by atoms with Crippen molar-refractivity contribution in [1.29, 1.82) is 0 Å². The summed E-state index contributed by atoms with van der Waals surface area (Å²) in [7, 11) is 0. The first-order valence-electron chi connectivity index (χ1n) is 5.19. The van der Waals surface area contributed by atoms with Gasteiger partial charge in [-0.3, -0.25) is 4.98 Å². The largest absolute Gasteiger partial charge is 0.362 e. The van der Waals surface area contributed by atoms with Crippen molar-refractivity contribution in [2.45, 2.75) is 26.7 Å². The number of hydrogen-bond acceptors (Lipinski definition) is 2. The van der Waals surface area contributed by atoms with Gasteiger partial charge in [0.15, 0.2) is 5.11 Å². The summed E-state index contributed by atoms with van der Waals surface area (Å²) in [6.45, 7) is 5.10. The number of thiocarbonyl (C=S) groups is 1. The van der Waals surface area contributed by atoms with Crippen LogP contribution in [0.15, 0.2) is 18.5 Å². The maximum atomic E-state index is 5.16. The number of hydrogen-bond donors (Lipinski definition) is 2. The van der Waals surface area contributed by atoms with Crippen molar-refractivity contribution in [2.24, 2.45) is 0 Å². The van der Waals surface area contributed by atoms with Crippen LogP contribution in [-0.2, 0) is 0 Å². The second-order valence-electron chi connectivity index (χ2n) is 3.43. The highest BCUT2D eigenvalue weighted by Crippen LogP contribution is 2.10. The van der Waals surface area contributed by atoms with E-state index in [2.05, 4.69) is 22.5 Å². The summed E-state index contributed by atoms with van der Waals surface area (Å²) >= 11 is 5.16. The Morgan fingerprint density at radius 2 is 2.33 bits per heavy atom. The SMILES string of the molecule is CCCCNC(=S)Nc1cnccc1C. The van der Waals surface area contributed by atoms with E-state index < -0.39 is 0 Å². The van der Waals surface area contributed by atoms with E-state index in [1.165, 1.54) is 6.42 Å². The second-order valence-corrected chi connectivity index (χ2v) is 3.83. The lowest BCUT2D eigenvalue weighted by molar-refractivity contribution is 0.758. The van der Waals surface area contributed by atoms with Crippen LogP contribution >= 0.6 is 12.2 Å². The summed E-state index contributed by atoms with van der Waals surface area (Å²) in [6.07, 6.45) is 5.85. The van der Waals surface area contributed by atoms with Crippen LogP contribution in [0.3, 0.4) is 0 Å². The molecule has 0 radical (unpaired) electrons. The van der Waals surface area contributed by atoms with Gasteiger partial charge in [0.1, 0.15) is 0 Å². The molecule has 0 bridgehead atoms. The average Bonchev–Trinajstić information content (AvgIpc) is 2.22. The first-order valence-corrected chi connectivity index (χ1v) is 5.60. The van der Waals surface area contributed by atoms with E-state index in [4.69, 9.17) is 12.2 Å². The summed E-state index contributed by atoms with van der Waals surface area (Å²) in [4.78, 5) is 4.05. The molecule has 1 rings (SSSR count). The number of nitrogens with one attached hydrogen (secondary N) is 2. The van der Waals surface area contributed by atoms with Gasteiger partial charge in [-0.15, -0.1) is 0 Å². The Bertz CT molecular complexity index is 325. The quantitative estimate of drug-likeness (QED) is 0.607. The van der Waals surface area contributed by atoms with Crippen molar-refractivity contribution in [3.63, 3.8) is 0 Å². The lowest BCUT2D eigenvalue weighted by Crippen LogP contribution is -2.29. The smallest absolute Gasteiger partial charge is 0.170 e. The molecule has 0 amide bonds. The summed E-state index contributed by atoms with van der Waals surface area (Å²) in [6, 6.07) is 1.96. The topological polar surface area (TPSA) is 37.0 Å². The molecule has 0 saturated heterocycles. The zero-order valence-corrected chi connectivity index (χ0v) is 10.0. The molecule has 0 aliphatic heterocycles. The first kappa shape index (κ1) is 11.9. The third kappa shape index (κ3) is 4.25. The van der Waals surface area contributed by atoms with Crippen molar-refractivity contribution in [3.8, 4) is 0 Å². The van der Waals surface area contributed by atoms with Gasteiger partial charge >= 0.3 is 0 Å². The number of aryl methyl sites for hydroxylation is 1. The lowest BCUT2D eigenvalue weighted by Gasteiger charge is -2.11. The molecule has 0 atom stereocenters. The third-order valence-corrected chi connectivity index (χ3v) is 2.35. The fourth-order valence-corrected chi connectivity index (χ4v) is 1.35. The first-order chi connectivity index (χ1) is 7.24. The monoisotopic (exact) mass is 223 g/mol. The number of aromatic nitrogens is 1. The molecular weight excluding hydrogens is 206 g/mol. The molecule has 0 saturated carbocycles. The van der Waals surface area contributed by atoms with Gasteiger partial charge in [-0.25, -0.2) is 0 Å². The van der Waals surface area contributed by atoms with E-state index in [9.17, 15) is 0 Å². The number of pyridine rings is 1. The maximum absolute atomic E-state index is 5.16. The summed E-state index contributed by atoms with van der Waals surface area (Å²) < 4.78 is 0. The van der Waals surface area contributed by atoms with E-state index in [0.717, 1.165) is 24.2 Å². The molecule has 0 fully saturated rings. The predicted molar refractivity (Wildman–Crippen MR) is 68.1 cm³/mol. The maximum Gasteiger partial charge on any atom is 0.170 e. The van der Waals surface area contributed by atoms with Crippen LogP contribution in [0.2, 0.25) is 0 Å². The summed E-state index contributed by atoms with van der Waals surface area (Å²) in [5.41, 5.74) is 2.11. The Labute approximate surface area is 96.3 Å². The minimum atomic E-state index is 0.666. The second kappa shape index (κ2) is 6.35. The molecule has 0 spiro atoms. The molecule has 3 nitrogen and oxygen atoms in total. The fraction of sp³-hybridized carbons (Fsp3) is 0.455. The molecule has 0 unspecified atom stereocenters. The Hall–Kier alpha value is -1.16. The molecule has 15 heavy (non-hydrogen) atoms. The molecule has 82 valence electrons. The summed E-state index contributed by atoms with van der Waals surface area (Å²) in [5.74, 6) is 0. The number of nitrogens with zero attached hydrogens (tertiary/aromatic N) is 1. The minimum Gasteiger partial charge on any atom is -0.362 e. The Morgan fingerprint density at radius 3 is 3.00 bits per heavy atom. The van der Waals surface area contributed by atoms with E-state index in [1.54, 1.807) is 12.4 Å². The van der Waals surface area contributed by atoms with Gasteiger partial charge in [0.25, 0.3) is 0 Å². The standard InChI is InChI=1S/C11H17N3S/c1-3-4-6-13-11(15)14-10-8-12-7-5-9(10)2/h5,7-8H,3-4,6H2,1-2H3,(H2,13,14,15). The molecule has 0 aliphatic rings. The van der Waals surface area contributed by atoms with Gasteiger partial charge < -0.3 is 10.6 Å². The van der Waals surface area contributed by atoms with Crippen molar-refractivity contribution < 1.29 is 0 Å². The number of unbranched alkanes of at least 4 members (excludes halogenated alkanes) is 1. The average molecular weight is 223 g/mol. The van der Waals surface area contributed by atoms with Gasteiger partial charge in [0, 0.05) is 12.7 Å². The molecule has 1 aromatic heterocycles. The molecular formula is C11H17N3S. The van der Waals surface area contributed by atoms with Crippen LogP contribution in [0.1, 0.15) is 25.3 Å². The van der Waals surface area contributed by atoms with E-state index in [0.29, 0.717) is 5.11 Å². The predicted octanol–water partition coefficient (Wildman–Crippen LogP) is 2.48. The molecule has 1 aromatic rings. The van der Waals surface area contributed by atoms with Crippen molar-refractivity contribution >= 4 is 23.0 Å². The van der Waals surface area contributed by atoms with Gasteiger partial charge in [-0.1, -0.05) is 13.3 Å². The highest BCUT2D eigenvalue weighted by atomic mass is 32.1. The Kier molecular flexibility index (Phi) is 5.04. The molecule has 0 aliphatic carbocycles. The molecule has 0 aromatic carbocycles. The van der Waals surface area contributed by atoms with Crippen LogP contribution in [0.25, 0.3) is 0 Å². The van der Waals surface area contributed by atoms with Gasteiger partial charge in [0.2, 0.25) is 0 Å². The van der Waals surface area contributed by atoms with Crippen LogP contribution in [0.5, 0.6) is 0 Å². The van der Waals surface area contributed by atoms with Gasteiger partial charge in [-0.2, -0.15) is 0 Å². The van der Waals surface area contributed by atoms with E-state index in [1.807, 2.05) is 13.0 Å². The minimum absolute atomic E-state index is 0.666. The van der Waals surface area contributed by atoms with E-state index >= 15 is 0 Å². The van der Waals surface area contributed by atoms with Crippen molar-refractivity contribution in [1.82, 2.24) is 10.3 Å². The normalized spacial score (nSPS) is 9.73. The number of rotatable bonds is 4. The molecule has 1 heterocycles. The summed E-state index contributed by atoms with van der Waals surface area (Å²) in [5, 5.41) is 6.94. The lowest BCUT2D eigenvalue weighted by atomic mass is 10.2. The Morgan fingerprint density at radius 1 is 1.53 bits per heavy atom. The third-order valence-electron chi connectivity index (χ3n) is 2.10. The number of anilines is 1. The fourth-order valence-electron chi connectivity index (χ4n) is 1.14. The van der Waals surface area contributed by atoms with Crippen molar-refractivity contribution in [3.05, 3.63) is 24.0 Å². The van der Waals surface area contributed by atoms with Crippen LogP contribution in [0, 0.1) is 6.92 Å². The molecule has 4 heteroatoms. The van der Waals surface area contributed by atoms with Crippen LogP contribution < -0.4 is 10.6 Å². The van der Waals surface area contributed by atoms with Crippen LogP contribution in [0.4, 0.5) is 5.69 Å². The highest BCUT2D eigenvalue weighted by molar-refractivity contribution is 7.80. The van der Waals surface area contributed by atoms with Gasteiger partial charge in [-0.05, 0) is 37.2 Å². The van der Waals surface area contributed by atoms with Crippen LogP contribution in [-0.4, -0.2) is 16.6 Å².